The number of hydrogen-bond donors (Lipinski definition) is 1. The monoisotopic (exact) mass is 141 g/mol. The SMILES string of the molecule is CNC(C)C(C)=CC(C)C. The highest BCUT2D eigenvalue weighted by molar-refractivity contribution is 5.06. The van der Waals surface area contributed by atoms with Gasteiger partial charge in [-0.25, -0.2) is 0 Å². The summed E-state index contributed by atoms with van der Waals surface area (Å²) < 4.78 is 0. The highest BCUT2D eigenvalue weighted by atomic mass is 14.8. The maximum absolute atomic E-state index is 3.20. The molecule has 1 unspecified atom stereocenters. The van der Waals surface area contributed by atoms with Crippen LogP contribution in [0.25, 0.3) is 0 Å². The molecule has 0 aromatic carbocycles. The van der Waals surface area contributed by atoms with E-state index in [1.54, 1.807) is 0 Å². The van der Waals surface area contributed by atoms with Gasteiger partial charge in [0.15, 0.2) is 0 Å². The van der Waals surface area contributed by atoms with E-state index in [0.717, 1.165) is 0 Å². The van der Waals surface area contributed by atoms with Gasteiger partial charge in [0.05, 0.1) is 0 Å². The van der Waals surface area contributed by atoms with Gasteiger partial charge in [-0.2, -0.15) is 0 Å². The molecule has 0 rings (SSSR count). The van der Waals surface area contributed by atoms with Crippen LogP contribution in [0, 0.1) is 5.92 Å². The van der Waals surface area contributed by atoms with E-state index in [4.69, 9.17) is 0 Å². The van der Waals surface area contributed by atoms with Crippen molar-refractivity contribution >= 4 is 0 Å². The molecule has 0 amide bonds. The van der Waals surface area contributed by atoms with Crippen molar-refractivity contribution in [2.45, 2.75) is 33.7 Å². The Morgan fingerprint density at radius 2 is 1.80 bits per heavy atom. The van der Waals surface area contributed by atoms with Crippen LogP contribution < -0.4 is 5.32 Å². The third-order valence-corrected chi connectivity index (χ3v) is 1.71. The molecule has 0 radical (unpaired) electrons. The molecule has 0 saturated carbocycles. The van der Waals surface area contributed by atoms with Gasteiger partial charge in [0.1, 0.15) is 0 Å². The molecule has 0 spiro atoms. The van der Waals surface area contributed by atoms with Crippen LogP contribution in [0.3, 0.4) is 0 Å². The Bertz CT molecular complexity index is 114. The van der Waals surface area contributed by atoms with E-state index < -0.39 is 0 Å². The Morgan fingerprint density at radius 1 is 1.30 bits per heavy atom. The van der Waals surface area contributed by atoms with E-state index in [2.05, 4.69) is 39.1 Å². The van der Waals surface area contributed by atoms with Crippen molar-refractivity contribution in [3.05, 3.63) is 11.6 Å². The van der Waals surface area contributed by atoms with Gasteiger partial charge in [0.2, 0.25) is 0 Å². The highest BCUT2D eigenvalue weighted by Gasteiger charge is 1.99. The Kier molecular flexibility index (Phi) is 4.37. The fourth-order valence-corrected chi connectivity index (χ4v) is 0.898. The molecule has 60 valence electrons. The molecule has 0 aromatic heterocycles. The summed E-state index contributed by atoms with van der Waals surface area (Å²) in [7, 11) is 1.99. The van der Waals surface area contributed by atoms with Gasteiger partial charge in [0.25, 0.3) is 0 Å². The first kappa shape index (κ1) is 9.70. The second-order valence-electron chi connectivity index (χ2n) is 3.17. The molecular formula is C9H19N. The fraction of sp³-hybridized carbons (Fsp3) is 0.778. The molecule has 0 aromatic rings. The van der Waals surface area contributed by atoms with Crippen molar-refractivity contribution < 1.29 is 0 Å². The number of rotatable bonds is 3. The van der Waals surface area contributed by atoms with Crippen LogP contribution in [-0.2, 0) is 0 Å². The van der Waals surface area contributed by atoms with E-state index in [1.807, 2.05) is 7.05 Å². The molecule has 0 fully saturated rings. The van der Waals surface area contributed by atoms with Crippen molar-refractivity contribution in [2.24, 2.45) is 5.92 Å². The Morgan fingerprint density at radius 3 is 2.10 bits per heavy atom. The third kappa shape index (κ3) is 3.67. The lowest BCUT2D eigenvalue weighted by atomic mass is 10.1. The predicted molar refractivity (Wildman–Crippen MR) is 47.1 cm³/mol. The second kappa shape index (κ2) is 4.51. The van der Waals surface area contributed by atoms with Crippen LogP contribution in [0.5, 0.6) is 0 Å². The van der Waals surface area contributed by atoms with Gasteiger partial charge in [0, 0.05) is 6.04 Å². The van der Waals surface area contributed by atoms with E-state index in [9.17, 15) is 0 Å². The Balaban J connectivity index is 3.91. The topological polar surface area (TPSA) is 12.0 Å². The molecule has 0 aliphatic carbocycles. The van der Waals surface area contributed by atoms with Crippen molar-refractivity contribution in [3.8, 4) is 0 Å². The zero-order valence-corrected chi connectivity index (χ0v) is 7.73. The van der Waals surface area contributed by atoms with Crippen LogP contribution in [0.2, 0.25) is 0 Å². The number of likely N-dealkylation sites (N-methyl/N-ethyl adjacent to an activating group) is 1. The number of nitrogens with one attached hydrogen (secondary N) is 1. The average Bonchev–Trinajstić information content (AvgIpc) is 1.85. The lowest BCUT2D eigenvalue weighted by Crippen LogP contribution is -2.22. The first-order chi connectivity index (χ1) is 4.57. The van der Waals surface area contributed by atoms with E-state index >= 15 is 0 Å². The maximum atomic E-state index is 3.20. The van der Waals surface area contributed by atoms with E-state index in [0.29, 0.717) is 12.0 Å². The summed E-state index contributed by atoms with van der Waals surface area (Å²) in [6.45, 7) is 8.74. The van der Waals surface area contributed by atoms with Crippen LogP contribution in [0.15, 0.2) is 11.6 Å². The smallest absolute Gasteiger partial charge is 0.0245 e. The molecule has 1 nitrogen and oxygen atoms in total. The number of allylic oxidation sites excluding steroid dienone is 1. The van der Waals surface area contributed by atoms with Crippen LogP contribution in [-0.4, -0.2) is 13.1 Å². The first-order valence-corrected chi connectivity index (χ1v) is 3.93. The quantitative estimate of drug-likeness (QED) is 0.594. The maximum Gasteiger partial charge on any atom is 0.0245 e. The van der Waals surface area contributed by atoms with Gasteiger partial charge in [-0.15, -0.1) is 0 Å². The van der Waals surface area contributed by atoms with E-state index in [1.165, 1.54) is 5.57 Å². The molecule has 1 heteroatoms. The molecule has 1 N–H and O–H groups in total. The Labute approximate surface area is 64.5 Å². The molecule has 0 bridgehead atoms. The van der Waals surface area contributed by atoms with E-state index in [-0.39, 0.29) is 0 Å². The van der Waals surface area contributed by atoms with Crippen molar-refractivity contribution in [1.82, 2.24) is 5.32 Å². The minimum atomic E-state index is 0.516. The minimum Gasteiger partial charge on any atom is -0.314 e. The van der Waals surface area contributed by atoms with Gasteiger partial charge in [-0.1, -0.05) is 25.5 Å². The van der Waals surface area contributed by atoms with Gasteiger partial charge >= 0.3 is 0 Å². The third-order valence-electron chi connectivity index (χ3n) is 1.71. The zero-order valence-electron chi connectivity index (χ0n) is 7.73. The van der Waals surface area contributed by atoms with Gasteiger partial charge < -0.3 is 5.32 Å². The van der Waals surface area contributed by atoms with Crippen LogP contribution in [0.4, 0.5) is 0 Å². The normalized spacial score (nSPS) is 16.0. The molecule has 0 saturated heterocycles. The summed E-state index contributed by atoms with van der Waals surface area (Å²) in [4.78, 5) is 0. The van der Waals surface area contributed by atoms with Crippen molar-refractivity contribution in [1.29, 1.82) is 0 Å². The first-order valence-electron chi connectivity index (χ1n) is 3.93. The summed E-state index contributed by atoms with van der Waals surface area (Å²) in [5.41, 5.74) is 1.43. The summed E-state index contributed by atoms with van der Waals surface area (Å²) in [6, 6.07) is 0.516. The lowest BCUT2D eigenvalue weighted by molar-refractivity contribution is 0.677. The highest BCUT2D eigenvalue weighted by Crippen LogP contribution is 2.04. The van der Waals surface area contributed by atoms with Crippen molar-refractivity contribution in [2.75, 3.05) is 7.05 Å². The lowest BCUT2D eigenvalue weighted by Gasteiger charge is -2.11. The van der Waals surface area contributed by atoms with Gasteiger partial charge in [-0.05, 0) is 26.8 Å². The zero-order chi connectivity index (χ0) is 8.15. The summed E-state index contributed by atoms with van der Waals surface area (Å²) in [5, 5.41) is 3.20. The molecule has 0 aliphatic heterocycles. The molecule has 10 heavy (non-hydrogen) atoms. The van der Waals surface area contributed by atoms with Crippen LogP contribution >= 0.6 is 0 Å². The molecule has 0 heterocycles. The standard InChI is InChI=1S/C9H19N/c1-7(2)6-8(3)9(4)10-5/h6-7,9-10H,1-5H3. The minimum absolute atomic E-state index is 0.516. The molecule has 1 atom stereocenters. The van der Waals surface area contributed by atoms with Crippen molar-refractivity contribution in [3.63, 3.8) is 0 Å². The second-order valence-corrected chi connectivity index (χ2v) is 3.17. The molecular weight excluding hydrogens is 122 g/mol. The Hall–Kier alpha value is -0.300. The summed E-state index contributed by atoms with van der Waals surface area (Å²) in [5.74, 6) is 0.663. The number of hydrogen-bond acceptors (Lipinski definition) is 1. The average molecular weight is 141 g/mol. The van der Waals surface area contributed by atoms with Gasteiger partial charge in [-0.3, -0.25) is 0 Å². The summed E-state index contributed by atoms with van der Waals surface area (Å²) >= 11 is 0. The predicted octanol–water partition coefficient (Wildman–Crippen LogP) is 2.20. The summed E-state index contributed by atoms with van der Waals surface area (Å²) in [6.07, 6.45) is 2.29. The van der Waals surface area contributed by atoms with Crippen LogP contribution in [0.1, 0.15) is 27.7 Å². The molecule has 0 aliphatic rings. The largest absolute Gasteiger partial charge is 0.314 e. The fourth-order valence-electron chi connectivity index (χ4n) is 0.898.